The molecule has 124 valence electrons. The van der Waals surface area contributed by atoms with Crippen LogP contribution in [0.1, 0.15) is 34.1 Å². The fourth-order valence-corrected chi connectivity index (χ4v) is 2.44. The third kappa shape index (κ3) is 6.30. The summed E-state index contributed by atoms with van der Waals surface area (Å²) >= 11 is 0. The Morgan fingerprint density at radius 1 is 1.38 bits per heavy atom. The van der Waals surface area contributed by atoms with Crippen molar-refractivity contribution in [2.75, 3.05) is 27.2 Å². The first-order chi connectivity index (χ1) is 9.60. The minimum Gasteiger partial charge on any atom is -0.389 e. The molecule has 2 unspecified atom stereocenters. The number of aliphatic hydroxyl groups excluding tert-OH is 1. The van der Waals surface area contributed by atoms with E-state index in [-0.39, 0.29) is 29.7 Å². The van der Waals surface area contributed by atoms with E-state index < -0.39 is 6.10 Å². The average molecular weight is 301 g/mol. The fourth-order valence-electron chi connectivity index (χ4n) is 2.44. The summed E-state index contributed by atoms with van der Waals surface area (Å²) in [6, 6.07) is 0.0587. The highest BCUT2D eigenvalue weighted by Gasteiger charge is 2.36. The zero-order valence-corrected chi connectivity index (χ0v) is 14.1. The van der Waals surface area contributed by atoms with Gasteiger partial charge in [-0.2, -0.15) is 0 Å². The van der Waals surface area contributed by atoms with E-state index in [1.807, 2.05) is 46.7 Å². The zero-order valence-electron chi connectivity index (χ0n) is 14.1. The van der Waals surface area contributed by atoms with Gasteiger partial charge < -0.3 is 25.4 Å². The Kier molecular flexibility index (Phi) is 6.59. The molecule has 1 rings (SSSR count). The van der Waals surface area contributed by atoms with Gasteiger partial charge in [-0.3, -0.25) is 4.79 Å². The Morgan fingerprint density at radius 3 is 2.52 bits per heavy atom. The van der Waals surface area contributed by atoms with Gasteiger partial charge in [-0.1, -0.05) is 0 Å². The maximum absolute atomic E-state index is 11.8. The number of aliphatic hydroxyl groups is 1. The molecule has 0 aliphatic carbocycles. The van der Waals surface area contributed by atoms with Crippen LogP contribution in [0.15, 0.2) is 0 Å². The lowest BCUT2D eigenvalue weighted by Crippen LogP contribution is -2.55. The number of likely N-dealkylation sites (N-methyl/N-ethyl adjacent to an activating group) is 1. The molecule has 1 fully saturated rings. The van der Waals surface area contributed by atoms with Crippen LogP contribution in [-0.4, -0.2) is 73.0 Å². The Morgan fingerprint density at radius 2 is 2.00 bits per heavy atom. The maximum atomic E-state index is 11.8. The molecule has 0 spiro atoms. The van der Waals surface area contributed by atoms with Crippen LogP contribution in [0.4, 0.5) is 0 Å². The second-order valence-electron chi connectivity index (χ2n) is 7.13. The number of amides is 1. The van der Waals surface area contributed by atoms with E-state index in [0.29, 0.717) is 19.5 Å². The minimum atomic E-state index is -0.491. The number of nitrogens with one attached hydrogen (secondary N) is 2. The molecule has 0 aromatic rings. The summed E-state index contributed by atoms with van der Waals surface area (Å²) in [5.41, 5.74) is -0.0761. The van der Waals surface area contributed by atoms with Gasteiger partial charge >= 0.3 is 0 Å². The first kappa shape index (κ1) is 18.4. The monoisotopic (exact) mass is 301 g/mol. The zero-order chi connectivity index (χ0) is 16.2. The van der Waals surface area contributed by atoms with Crippen molar-refractivity contribution >= 4 is 5.91 Å². The Hall–Kier alpha value is -0.690. The highest BCUT2D eigenvalue weighted by atomic mass is 16.5. The Labute approximate surface area is 128 Å². The van der Waals surface area contributed by atoms with E-state index in [9.17, 15) is 9.90 Å². The molecule has 1 aliphatic rings. The van der Waals surface area contributed by atoms with Gasteiger partial charge in [0.25, 0.3) is 0 Å². The molecule has 1 heterocycles. The molecule has 0 saturated carbocycles. The highest BCUT2D eigenvalue weighted by molar-refractivity contribution is 5.78. The number of nitrogens with zero attached hydrogens (tertiary/aromatic N) is 1. The van der Waals surface area contributed by atoms with E-state index in [2.05, 4.69) is 10.6 Å². The van der Waals surface area contributed by atoms with Crippen molar-refractivity contribution in [1.82, 2.24) is 15.5 Å². The molecule has 0 aromatic heterocycles. The van der Waals surface area contributed by atoms with Crippen molar-refractivity contribution in [3.63, 3.8) is 0 Å². The van der Waals surface area contributed by atoms with Gasteiger partial charge in [0.05, 0.1) is 24.9 Å². The van der Waals surface area contributed by atoms with Crippen LogP contribution in [0.25, 0.3) is 0 Å². The minimum absolute atomic E-state index is 0.0336. The molecule has 0 bridgehead atoms. The van der Waals surface area contributed by atoms with Gasteiger partial charge in [0, 0.05) is 18.1 Å². The average Bonchev–Trinajstić information content (AvgIpc) is 2.36. The third-order valence-electron chi connectivity index (χ3n) is 3.76. The van der Waals surface area contributed by atoms with E-state index in [4.69, 9.17) is 4.74 Å². The van der Waals surface area contributed by atoms with Gasteiger partial charge in [-0.25, -0.2) is 0 Å². The van der Waals surface area contributed by atoms with Crippen LogP contribution in [0.3, 0.4) is 0 Å². The number of rotatable bonds is 5. The van der Waals surface area contributed by atoms with Crippen molar-refractivity contribution in [2.45, 2.75) is 64.0 Å². The predicted molar refractivity (Wildman–Crippen MR) is 83.2 cm³/mol. The summed E-state index contributed by atoms with van der Waals surface area (Å²) in [6.45, 7) is 8.72. The maximum Gasteiger partial charge on any atom is 0.234 e. The molecule has 4 atom stereocenters. The molecule has 0 radical (unpaired) electrons. The summed E-state index contributed by atoms with van der Waals surface area (Å²) in [5, 5.41) is 16.2. The molecule has 6 nitrogen and oxygen atoms in total. The molecule has 3 N–H and O–H groups in total. The SMILES string of the molecule is C[C@@H]1O[C@H](CNC(=O)CNC(C)(C)C)CC(N(C)C)C1O. The topological polar surface area (TPSA) is 73.8 Å². The number of carbonyl (C=O) groups excluding carboxylic acids is 1. The molecule has 1 aliphatic heterocycles. The number of hydrogen-bond donors (Lipinski definition) is 3. The van der Waals surface area contributed by atoms with Crippen LogP contribution >= 0.6 is 0 Å². The fraction of sp³-hybridized carbons (Fsp3) is 0.933. The van der Waals surface area contributed by atoms with Gasteiger partial charge in [0.2, 0.25) is 5.91 Å². The number of ether oxygens (including phenoxy) is 1. The van der Waals surface area contributed by atoms with Crippen molar-refractivity contribution in [3.05, 3.63) is 0 Å². The lowest BCUT2D eigenvalue weighted by atomic mass is 9.95. The van der Waals surface area contributed by atoms with Crippen LogP contribution in [0.5, 0.6) is 0 Å². The smallest absolute Gasteiger partial charge is 0.234 e. The third-order valence-corrected chi connectivity index (χ3v) is 3.76. The lowest BCUT2D eigenvalue weighted by Gasteiger charge is -2.41. The second-order valence-corrected chi connectivity index (χ2v) is 7.13. The predicted octanol–water partition coefficient (Wildman–Crippen LogP) is -0.0408. The standard InChI is InChI=1S/C15H31N3O3/c1-10-14(20)12(18(5)6)7-11(21-10)8-16-13(19)9-17-15(2,3)4/h10-12,14,17,20H,7-9H2,1-6H3,(H,16,19)/t10-,11-,12?,14?/m0/s1. The van der Waals surface area contributed by atoms with E-state index in [1.165, 1.54) is 0 Å². The molecule has 1 saturated heterocycles. The van der Waals surface area contributed by atoms with Gasteiger partial charge in [0.15, 0.2) is 0 Å². The molecule has 0 aromatic carbocycles. The summed E-state index contributed by atoms with van der Waals surface area (Å²) in [6.07, 6.45) is -0.0597. The van der Waals surface area contributed by atoms with Crippen molar-refractivity contribution in [3.8, 4) is 0 Å². The lowest BCUT2D eigenvalue weighted by molar-refractivity contribution is -0.141. The summed E-state index contributed by atoms with van der Waals surface area (Å²) in [7, 11) is 3.91. The first-order valence-electron chi connectivity index (χ1n) is 7.62. The van der Waals surface area contributed by atoms with Crippen LogP contribution in [-0.2, 0) is 9.53 Å². The van der Waals surface area contributed by atoms with Crippen LogP contribution in [0.2, 0.25) is 0 Å². The second kappa shape index (κ2) is 7.54. The largest absolute Gasteiger partial charge is 0.389 e. The highest BCUT2D eigenvalue weighted by Crippen LogP contribution is 2.22. The molecule has 21 heavy (non-hydrogen) atoms. The Bertz CT molecular complexity index is 342. The van der Waals surface area contributed by atoms with Gasteiger partial charge in [-0.05, 0) is 48.2 Å². The van der Waals surface area contributed by atoms with Crippen LogP contribution < -0.4 is 10.6 Å². The van der Waals surface area contributed by atoms with Crippen molar-refractivity contribution in [2.24, 2.45) is 0 Å². The van der Waals surface area contributed by atoms with Crippen LogP contribution in [0, 0.1) is 0 Å². The van der Waals surface area contributed by atoms with E-state index >= 15 is 0 Å². The Balaban J connectivity index is 2.39. The van der Waals surface area contributed by atoms with Crippen molar-refractivity contribution in [1.29, 1.82) is 0 Å². The number of hydrogen-bond acceptors (Lipinski definition) is 5. The summed E-state index contributed by atoms with van der Waals surface area (Å²) in [4.78, 5) is 13.8. The van der Waals surface area contributed by atoms with E-state index in [1.54, 1.807) is 0 Å². The molecule has 1 amide bonds. The molecular weight excluding hydrogens is 270 g/mol. The normalized spacial score (nSPS) is 30.5. The number of carbonyl (C=O) groups is 1. The van der Waals surface area contributed by atoms with Crippen molar-refractivity contribution < 1.29 is 14.6 Å². The van der Waals surface area contributed by atoms with Gasteiger partial charge in [-0.15, -0.1) is 0 Å². The molecule has 6 heteroatoms. The first-order valence-corrected chi connectivity index (χ1v) is 7.62. The van der Waals surface area contributed by atoms with E-state index in [0.717, 1.165) is 0 Å². The molecular formula is C15H31N3O3. The van der Waals surface area contributed by atoms with Gasteiger partial charge in [0.1, 0.15) is 0 Å². The quantitative estimate of drug-likeness (QED) is 0.664. The summed E-state index contributed by atoms with van der Waals surface area (Å²) in [5.74, 6) is -0.0336. The summed E-state index contributed by atoms with van der Waals surface area (Å²) < 4.78 is 5.76.